The van der Waals surface area contributed by atoms with Crippen molar-refractivity contribution in [1.82, 2.24) is 10.2 Å². The number of hydrogen-bond acceptors (Lipinski definition) is 2. The van der Waals surface area contributed by atoms with Gasteiger partial charge >= 0.3 is 0 Å². The summed E-state index contributed by atoms with van der Waals surface area (Å²) in [6.07, 6.45) is 3.87. The Morgan fingerprint density at radius 3 is 2.89 bits per heavy atom. The van der Waals surface area contributed by atoms with Crippen LogP contribution in [0.2, 0.25) is 0 Å². The second kappa shape index (κ2) is 7.41. The molecule has 2 rings (SSSR count). The van der Waals surface area contributed by atoms with Gasteiger partial charge in [-0.15, -0.1) is 0 Å². The average Bonchev–Trinajstić information content (AvgIpc) is 2.43. The summed E-state index contributed by atoms with van der Waals surface area (Å²) < 4.78 is 1.23. The quantitative estimate of drug-likeness (QED) is 0.888. The van der Waals surface area contributed by atoms with Crippen LogP contribution in [-0.4, -0.2) is 30.6 Å². The average molecular weight is 325 g/mol. The van der Waals surface area contributed by atoms with Crippen LogP contribution in [0.3, 0.4) is 0 Å². The summed E-state index contributed by atoms with van der Waals surface area (Å²) >= 11 is 3.64. The van der Waals surface area contributed by atoms with Crippen molar-refractivity contribution in [3.8, 4) is 0 Å². The topological polar surface area (TPSA) is 15.3 Å². The van der Waals surface area contributed by atoms with E-state index in [0.29, 0.717) is 6.04 Å². The fraction of sp³-hybridized carbons (Fsp3) is 0.625. The highest BCUT2D eigenvalue weighted by atomic mass is 79.9. The summed E-state index contributed by atoms with van der Waals surface area (Å²) in [5.41, 5.74) is 2.72. The predicted octanol–water partition coefficient (Wildman–Crippen LogP) is 3.72. The lowest BCUT2D eigenvalue weighted by atomic mass is 10.0. The number of benzene rings is 1. The Balaban J connectivity index is 2.04. The molecule has 1 aromatic carbocycles. The van der Waals surface area contributed by atoms with Gasteiger partial charge in [0, 0.05) is 23.6 Å². The zero-order valence-corrected chi connectivity index (χ0v) is 13.7. The third-order valence-electron chi connectivity index (χ3n) is 3.92. The summed E-state index contributed by atoms with van der Waals surface area (Å²) in [4.78, 5) is 2.64. The molecule has 1 atom stereocenters. The van der Waals surface area contributed by atoms with Gasteiger partial charge < -0.3 is 5.32 Å². The maximum atomic E-state index is 3.64. The Hall–Kier alpha value is -0.380. The predicted molar refractivity (Wildman–Crippen MR) is 85.5 cm³/mol. The molecule has 1 aliphatic heterocycles. The molecule has 0 bridgehead atoms. The molecule has 0 spiro atoms. The fourth-order valence-corrected chi connectivity index (χ4v) is 3.22. The third kappa shape index (κ3) is 4.30. The standard InChI is InChI=1S/C16H25BrN2/c1-3-9-19(15-5-4-8-18-11-15)12-14-7-6-13(2)16(17)10-14/h6-7,10,15,18H,3-5,8-9,11-12H2,1-2H3. The van der Waals surface area contributed by atoms with E-state index in [9.17, 15) is 0 Å². The number of aryl methyl sites for hydroxylation is 1. The molecule has 19 heavy (non-hydrogen) atoms. The summed E-state index contributed by atoms with van der Waals surface area (Å²) in [5, 5.41) is 3.53. The molecular formula is C16H25BrN2. The zero-order valence-electron chi connectivity index (χ0n) is 12.1. The van der Waals surface area contributed by atoms with E-state index in [1.807, 2.05) is 0 Å². The minimum absolute atomic E-state index is 0.703. The first-order valence-corrected chi connectivity index (χ1v) is 8.19. The number of rotatable bonds is 5. The van der Waals surface area contributed by atoms with E-state index >= 15 is 0 Å². The number of piperidine rings is 1. The molecule has 1 unspecified atom stereocenters. The normalized spacial score (nSPS) is 19.9. The lowest BCUT2D eigenvalue weighted by Gasteiger charge is -2.34. The molecule has 0 radical (unpaired) electrons. The van der Waals surface area contributed by atoms with E-state index in [0.717, 1.165) is 13.1 Å². The molecule has 1 aliphatic rings. The molecule has 0 saturated carbocycles. The van der Waals surface area contributed by atoms with Crippen molar-refractivity contribution in [1.29, 1.82) is 0 Å². The van der Waals surface area contributed by atoms with Gasteiger partial charge in [0.2, 0.25) is 0 Å². The van der Waals surface area contributed by atoms with Crippen LogP contribution in [0.25, 0.3) is 0 Å². The van der Waals surface area contributed by atoms with Crippen molar-refractivity contribution in [2.24, 2.45) is 0 Å². The minimum Gasteiger partial charge on any atom is -0.315 e. The lowest BCUT2D eigenvalue weighted by molar-refractivity contribution is 0.158. The van der Waals surface area contributed by atoms with Gasteiger partial charge in [0.1, 0.15) is 0 Å². The second-order valence-electron chi connectivity index (χ2n) is 5.55. The van der Waals surface area contributed by atoms with Gasteiger partial charge in [-0.2, -0.15) is 0 Å². The number of halogens is 1. The second-order valence-corrected chi connectivity index (χ2v) is 6.41. The summed E-state index contributed by atoms with van der Waals surface area (Å²) in [5.74, 6) is 0. The van der Waals surface area contributed by atoms with Crippen molar-refractivity contribution in [3.05, 3.63) is 33.8 Å². The smallest absolute Gasteiger partial charge is 0.0237 e. The number of nitrogens with zero attached hydrogens (tertiary/aromatic N) is 1. The van der Waals surface area contributed by atoms with E-state index in [1.54, 1.807) is 0 Å². The highest BCUT2D eigenvalue weighted by Crippen LogP contribution is 2.20. The van der Waals surface area contributed by atoms with E-state index in [4.69, 9.17) is 0 Å². The molecule has 1 heterocycles. The van der Waals surface area contributed by atoms with Gasteiger partial charge in [0.25, 0.3) is 0 Å². The summed E-state index contributed by atoms with van der Waals surface area (Å²) in [6.45, 7) is 9.01. The third-order valence-corrected chi connectivity index (χ3v) is 4.77. The Bertz CT molecular complexity index is 400. The molecule has 3 heteroatoms. The van der Waals surface area contributed by atoms with Crippen molar-refractivity contribution in [3.63, 3.8) is 0 Å². The largest absolute Gasteiger partial charge is 0.315 e. The van der Waals surface area contributed by atoms with Crippen LogP contribution in [0.1, 0.15) is 37.3 Å². The molecule has 0 amide bonds. The molecule has 2 nitrogen and oxygen atoms in total. The summed E-state index contributed by atoms with van der Waals surface area (Å²) in [6, 6.07) is 7.45. The van der Waals surface area contributed by atoms with Crippen LogP contribution in [0, 0.1) is 6.92 Å². The zero-order chi connectivity index (χ0) is 13.7. The summed E-state index contributed by atoms with van der Waals surface area (Å²) in [7, 11) is 0. The van der Waals surface area contributed by atoms with E-state index in [2.05, 4.69) is 58.2 Å². The first kappa shape index (κ1) is 15.0. The maximum Gasteiger partial charge on any atom is 0.0237 e. The maximum absolute atomic E-state index is 3.64. The van der Waals surface area contributed by atoms with Gasteiger partial charge in [-0.05, 0) is 56.5 Å². The SMILES string of the molecule is CCCN(Cc1ccc(C)c(Br)c1)C1CCCNC1. The molecule has 0 aromatic heterocycles. The monoisotopic (exact) mass is 324 g/mol. The molecular weight excluding hydrogens is 300 g/mol. The Labute approximate surface area is 125 Å². The Morgan fingerprint density at radius 2 is 2.26 bits per heavy atom. The van der Waals surface area contributed by atoms with Gasteiger partial charge in [-0.25, -0.2) is 0 Å². The Morgan fingerprint density at radius 1 is 1.42 bits per heavy atom. The van der Waals surface area contributed by atoms with E-state index in [-0.39, 0.29) is 0 Å². The van der Waals surface area contributed by atoms with Gasteiger partial charge in [0.05, 0.1) is 0 Å². The van der Waals surface area contributed by atoms with Gasteiger partial charge in [0.15, 0.2) is 0 Å². The van der Waals surface area contributed by atoms with Gasteiger partial charge in [-0.3, -0.25) is 4.90 Å². The van der Waals surface area contributed by atoms with Crippen LogP contribution in [0.4, 0.5) is 0 Å². The van der Waals surface area contributed by atoms with Crippen molar-refractivity contribution in [2.45, 2.75) is 45.7 Å². The van der Waals surface area contributed by atoms with Crippen LogP contribution in [-0.2, 0) is 6.54 Å². The van der Waals surface area contributed by atoms with E-state index < -0.39 is 0 Å². The number of nitrogens with one attached hydrogen (secondary N) is 1. The first-order valence-electron chi connectivity index (χ1n) is 7.40. The molecule has 1 aromatic rings. The highest BCUT2D eigenvalue weighted by Gasteiger charge is 2.20. The first-order chi connectivity index (χ1) is 9.20. The van der Waals surface area contributed by atoms with Crippen LogP contribution in [0.5, 0.6) is 0 Å². The molecule has 106 valence electrons. The van der Waals surface area contributed by atoms with E-state index in [1.165, 1.54) is 48.0 Å². The highest BCUT2D eigenvalue weighted by molar-refractivity contribution is 9.10. The minimum atomic E-state index is 0.703. The fourth-order valence-electron chi connectivity index (χ4n) is 2.79. The van der Waals surface area contributed by atoms with Crippen molar-refractivity contribution >= 4 is 15.9 Å². The number of hydrogen-bond donors (Lipinski definition) is 1. The van der Waals surface area contributed by atoms with Crippen LogP contribution < -0.4 is 5.32 Å². The van der Waals surface area contributed by atoms with Crippen molar-refractivity contribution < 1.29 is 0 Å². The van der Waals surface area contributed by atoms with Crippen LogP contribution >= 0.6 is 15.9 Å². The van der Waals surface area contributed by atoms with Crippen molar-refractivity contribution in [2.75, 3.05) is 19.6 Å². The van der Waals surface area contributed by atoms with Gasteiger partial charge in [-0.1, -0.05) is 35.0 Å². The molecule has 1 N–H and O–H groups in total. The lowest BCUT2D eigenvalue weighted by Crippen LogP contribution is -2.45. The van der Waals surface area contributed by atoms with Crippen LogP contribution in [0.15, 0.2) is 22.7 Å². The molecule has 0 aliphatic carbocycles. The Kier molecular flexibility index (Phi) is 5.86. The molecule has 1 fully saturated rings. The molecule has 1 saturated heterocycles.